The van der Waals surface area contributed by atoms with E-state index in [4.69, 9.17) is 0 Å². The maximum absolute atomic E-state index is 11.9. The van der Waals surface area contributed by atoms with E-state index >= 15 is 0 Å². The van der Waals surface area contributed by atoms with Gasteiger partial charge in [-0.3, -0.25) is 9.59 Å². The molecule has 0 unspecified atom stereocenters. The lowest BCUT2D eigenvalue weighted by atomic mass is 10.1. The summed E-state index contributed by atoms with van der Waals surface area (Å²) in [4.78, 5) is 22.7. The molecule has 6 nitrogen and oxygen atoms in total. The third-order valence-corrected chi connectivity index (χ3v) is 3.87. The molecule has 2 amide bonds. The van der Waals surface area contributed by atoms with Crippen LogP contribution in [0, 0.1) is 6.92 Å². The van der Waals surface area contributed by atoms with Crippen molar-refractivity contribution in [2.75, 3.05) is 19.3 Å². The molecule has 0 aliphatic rings. The smallest absolute Gasteiger partial charge is 0.251 e. The van der Waals surface area contributed by atoms with Gasteiger partial charge in [-0.1, -0.05) is 6.07 Å². The number of hydrogen-bond acceptors (Lipinski definition) is 4. The molecule has 0 atom stereocenters. The fourth-order valence-corrected chi connectivity index (χ4v) is 2.65. The van der Waals surface area contributed by atoms with Crippen molar-refractivity contribution in [3.05, 3.63) is 29.3 Å². The minimum Gasteiger partial charge on any atom is -0.355 e. The molecule has 0 heterocycles. The molecule has 1 aromatic carbocycles. The maximum Gasteiger partial charge on any atom is 0.251 e. The third-order valence-electron chi connectivity index (χ3n) is 2.63. The predicted octanol–water partition coefficient (Wildman–Crippen LogP) is 0.264. The molecule has 0 fully saturated rings. The Morgan fingerprint density at radius 1 is 1.15 bits per heavy atom. The van der Waals surface area contributed by atoms with Gasteiger partial charge in [0.15, 0.2) is 9.84 Å². The zero-order valence-corrected chi connectivity index (χ0v) is 12.5. The molecule has 7 heteroatoms. The van der Waals surface area contributed by atoms with Gasteiger partial charge in [0.05, 0.1) is 4.90 Å². The minimum absolute atomic E-state index is 0.145. The second kappa shape index (κ2) is 6.51. The summed E-state index contributed by atoms with van der Waals surface area (Å²) < 4.78 is 23.2. The quantitative estimate of drug-likeness (QED) is 0.763. The summed E-state index contributed by atoms with van der Waals surface area (Å²) in [5.41, 5.74) is 0.876. The highest BCUT2D eigenvalue weighted by Crippen LogP contribution is 2.16. The average Bonchev–Trinajstić information content (AvgIpc) is 2.33. The molecule has 110 valence electrons. The monoisotopic (exact) mass is 298 g/mol. The van der Waals surface area contributed by atoms with E-state index < -0.39 is 9.84 Å². The fraction of sp³-hybridized carbons (Fsp3) is 0.385. The molecular formula is C13H18N2O4S. The number of nitrogens with one attached hydrogen (secondary N) is 2. The second-order valence-corrected chi connectivity index (χ2v) is 6.48. The van der Waals surface area contributed by atoms with Gasteiger partial charge in [-0.25, -0.2) is 8.42 Å². The Morgan fingerprint density at radius 3 is 2.30 bits per heavy atom. The molecule has 0 aliphatic carbocycles. The van der Waals surface area contributed by atoms with Crippen molar-refractivity contribution in [1.82, 2.24) is 10.6 Å². The van der Waals surface area contributed by atoms with E-state index in [0.29, 0.717) is 12.1 Å². The molecule has 1 rings (SSSR count). The van der Waals surface area contributed by atoms with Crippen molar-refractivity contribution in [3.63, 3.8) is 0 Å². The molecule has 0 aromatic heterocycles. The lowest BCUT2D eigenvalue weighted by molar-refractivity contribution is -0.118. The third kappa shape index (κ3) is 4.65. The zero-order chi connectivity index (χ0) is 15.3. The molecule has 0 aliphatic heterocycles. The molecular weight excluding hydrogens is 280 g/mol. The molecule has 0 bridgehead atoms. The summed E-state index contributed by atoms with van der Waals surface area (Å²) in [6.45, 7) is 3.67. The van der Waals surface area contributed by atoms with E-state index in [1.807, 2.05) is 0 Å². The Kier molecular flexibility index (Phi) is 5.26. The second-order valence-electron chi connectivity index (χ2n) is 4.49. The molecule has 0 saturated carbocycles. The van der Waals surface area contributed by atoms with Crippen LogP contribution in [0.4, 0.5) is 0 Å². The summed E-state index contributed by atoms with van der Waals surface area (Å²) in [7, 11) is -3.36. The van der Waals surface area contributed by atoms with Gasteiger partial charge in [-0.05, 0) is 24.6 Å². The predicted molar refractivity (Wildman–Crippen MR) is 75.3 cm³/mol. The highest BCUT2D eigenvalue weighted by Gasteiger charge is 2.14. The van der Waals surface area contributed by atoms with Crippen LogP contribution < -0.4 is 10.6 Å². The summed E-state index contributed by atoms with van der Waals surface area (Å²) in [5.74, 6) is -0.547. The van der Waals surface area contributed by atoms with Gasteiger partial charge in [-0.15, -0.1) is 0 Å². The summed E-state index contributed by atoms with van der Waals surface area (Å²) >= 11 is 0. The first kappa shape index (κ1) is 16.2. The number of carbonyl (C=O) groups is 2. The van der Waals surface area contributed by atoms with Crippen LogP contribution in [-0.4, -0.2) is 39.6 Å². The lowest BCUT2D eigenvalue weighted by Crippen LogP contribution is -2.33. The first-order chi connectivity index (χ1) is 9.21. The van der Waals surface area contributed by atoms with Crippen LogP contribution in [0.1, 0.15) is 22.8 Å². The van der Waals surface area contributed by atoms with Crippen molar-refractivity contribution in [2.45, 2.75) is 18.7 Å². The average molecular weight is 298 g/mol. The van der Waals surface area contributed by atoms with E-state index in [1.165, 1.54) is 13.0 Å². The number of aryl methyl sites for hydroxylation is 1. The van der Waals surface area contributed by atoms with Crippen molar-refractivity contribution in [2.24, 2.45) is 0 Å². The van der Waals surface area contributed by atoms with Gasteiger partial charge in [0.25, 0.3) is 5.91 Å². The van der Waals surface area contributed by atoms with E-state index in [-0.39, 0.29) is 28.8 Å². The van der Waals surface area contributed by atoms with E-state index in [2.05, 4.69) is 10.6 Å². The summed E-state index contributed by atoms with van der Waals surface area (Å²) in [6, 6.07) is 4.52. The highest BCUT2D eigenvalue weighted by atomic mass is 32.2. The van der Waals surface area contributed by atoms with Crippen LogP contribution >= 0.6 is 0 Å². The van der Waals surface area contributed by atoms with Gasteiger partial charge in [0.1, 0.15) is 0 Å². The van der Waals surface area contributed by atoms with Crippen molar-refractivity contribution >= 4 is 21.7 Å². The first-order valence-corrected chi connectivity index (χ1v) is 7.94. The van der Waals surface area contributed by atoms with Crippen LogP contribution in [-0.2, 0) is 14.6 Å². The van der Waals surface area contributed by atoms with Crippen LogP contribution in [0.25, 0.3) is 0 Å². The van der Waals surface area contributed by atoms with Crippen molar-refractivity contribution < 1.29 is 18.0 Å². The highest BCUT2D eigenvalue weighted by molar-refractivity contribution is 7.90. The summed E-state index contributed by atoms with van der Waals surface area (Å²) in [5, 5.41) is 5.15. The Labute approximate surface area is 118 Å². The molecule has 0 radical (unpaired) electrons. The normalized spacial score (nSPS) is 10.9. The largest absolute Gasteiger partial charge is 0.355 e. The lowest BCUT2D eigenvalue weighted by Gasteiger charge is -2.08. The molecule has 0 spiro atoms. The van der Waals surface area contributed by atoms with Crippen molar-refractivity contribution in [1.29, 1.82) is 0 Å². The Bertz CT molecular complexity index is 623. The van der Waals surface area contributed by atoms with Gasteiger partial charge < -0.3 is 10.6 Å². The van der Waals surface area contributed by atoms with Crippen LogP contribution in [0.15, 0.2) is 23.1 Å². The standard InChI is InChI=1S/C13H18N2O4S/c1-9-4-5-11(8-12(9)20(3,18)19)13(17)15-7-6-14-10(2)16/h4-5,8H,6-7H2,1-3H3,(H,14,16)(H,15,17). The summed E-state index contributed by atoms with van der Waals surface area (Å²) in [6.07, 6.45) is 1.10. The van der Waals surface area contributed by atoms with Crippen LogP contribution in [0.2, 0.25) is 0 Å². The number of sulfone groups is 1. The van der Waals surface area contributed by atoms with Gasteiger partial charge in [0, 0.05) is 31.8 Å². The molecule has 0 saturated heterocycles. The first-order valence-electron chi connectivity index (χ1n) is 6.05. The number of benzene rings is 1. The van der Waals surface area contributed by atoms with Gasteiger partial charge in [0.2, 0.25) is 5.91 Å². The Balaban J connectivity index is 2.77. The van der Waals surface area contributed by atoms with Gasteiger partial charge in [-0.2, -0.15) is 0 Å². The number of carbonyl (C=O) groups excluding carboxylic acids is 2. The molecule has 1 aromatic rings. The molecule has 20 heavy (non-hydrogen) atoms. The van der Waals surface area contributed by atoms with Crippen LogP contribution in [0.5, 0.6) is 0 Å². The van der Waals surface area contributed by atoms with E-state index in [9.17, 15) is 18.0 Å². The van der Waals surface area contributed by atoms with Gasteiger partial charge >= 0.3 is 0 Å². The number of rotatable bonds is 5. The maximum atomic E-state index is 11.9. The zero-order valence-electron chi connectivity index (χ0n) is 11.7. The Hall–Kier alpha value is -1.89. The van der Waals surface area contributed by atoms with E-state index in [0.717, 1.165) is 6.26 Å². The fourth-order valence-electron chi connectivity index (χ4n) is 1.66. The number of hydrogen-bond donors (Lipinski definition) is 2. The Morgan fingerprint density at radius 2 is 1.75 bits per heavy atom. The SMILES string of the molecule is CC(=O)NCCNC(=O)c1ccc(C)c(S(C)(=O)=O)c1. The molecule has 2 N–H and O–H groups in total. The van der Waals surface area contributed by atoms with Crippen molar-refractivity contribution in [3.8, 4) is 0 Å². The van der Waals surface area contributed by atoms with E-state index in [1.54, 1.807) is 19.1 Å². The minimum atomic E-state index is -3.36. The number of amides is 2. The van der Waals surface area contributed by atoms with Crippen LogP contribution in [0.3, 0.4) is 0 Å². The topological polar surface area (TPSA) is 92.3 Å².